The highest BCUT2D eigenvalue weighted by Gasteiger charge is 2.26. The summed E-state index contributed by atoms with van der Waals surface area (Å²) in [5.41, 5.74) is 1.50. The second-order valence-electron chi connectivity index (χ2n) is 11.3. The highest BCUT2D eigenvalue weighted by atomic mass is 15.1. The number of aromatic nitrogens is 2. The van der Waals surface area contributed by atoms with Gasteiger partial charge in [-0.3, -0.25) is 4.98 Å². The van der Waals surface area contributed by atoms with E-state index in [-0.39, 0.29) is 0 Å². The fourth-order valence-electron chi connectivity index (χ4n) is 5.86. The fourth-order valence-corrected chi connectivity index (χ4v) is 5.86. The van der Waals surface area contributed by atoms with Gasteiger partial charge < -0.3 is 0 Å². The van der Waals surface area contributed by atoms with Gasteiger partial charge in [-0.1, -0.05) is 153 Å². The van der Waals surface area contributed by atoms with Crippen LogP contribution in [0.1, 0.15) is 154 Å². The van der Waals surface area contributed by atoms with Crippen LogP contribution in [0, 0.1) is 5.92 Å². The Labute approximate surface area is 224 Å². The Morgan fingerprint density at radius 1 is 0.611 bits per heavy atom. The first-order valence-corrected chi connectivity index (χ1v) is 15.9. The van der Waals surface area contributed by atoms with Crippen molar-refractivity contribution in [3.05, 3.63) is 54.6 Å². The van der Waals surface area contributed by atoms with Crippen molar-refractivity contribution in [1.82, 2.24) is 4.98 Å². The lowest BCUT2D eigenvalue weighted by Gasteiger charge is -2.25. The van der Waals surface area contributed by atoms with E-state index in [0.29, 0.717) is 12.0 Å². The van der Waals surface area contributed by atoms with Crippen molar-refractivity contribution in [2.75, 3.05) is 0 Å². The molecule has 2 aromatic rings. The summed E-state index contributed by atoms with van der Waals surface area (Å²) in [6.45, 7) is 4.62. The van der Waals surface area contributed by atoms with Crippen molar-refractivity contribution < 1.29 is 4.57 Å². The first kappa shape index (κ1) is 30.7. The Morgan fingerprint density at radius 2 is 1.11 bits per heavy atom. The average molecular weight is 496 g/mol. The molecule has 0 saturated heterocycles. The maximum absolute atomic E-state index is 3.32. The number of nitrogens with zero attached hydrogens (tertiary/aromatic N) is 1. The summed E-state index contributed by atoms with van der Waals surface area (Å²) in [6.07, 6.45) is 35.9. The van der Waals surface area contributed by atoms with Gasteiger partial charge in [-0.25, -0.2) is 4.57 Å². The van der Waals surface area contributed by atoms with Gasteiger partial charge in [-0.15, -0.1) is 0 Å². The molecular weight excluding hydrogens is 436 g/mol. The van der Waals surface area contributed by atoms with E-state index in [1.807, 2.05) is 0 Å². The van der Waals surface area contributed by atoms with Crippen LogP contribution in [-0.2, 0) is 6.42 Å². The van der Waals surface area contributed by atoms with Gasteiger partial charge >= 0.3 is 0 Å². The molecule has 0 aliphatic heterocycles. The second kappa shape index (κ2) is 21.5. The van der Waals surface area contributed by atoms with Crippen molar-refractivity contribution in [1.29, 1.82) is 0 Å². The third kappa shape index (κ3) is 14.2. The van der Waals surface area contributed by atoms with E-state index < -0.39 is 0 Å². The summed E-state index contributed by atoms with van der Waals surface area (Å²) in [5.74, 6) is 0.715. The van der Waals surface area contributed by atoms with Crippen molar-refractivity contribution in [2.24, 2.45) is 5.92 Å². The van der Waals surface area contributed by atoms with Gasteiger partial charge in [0, 0.05) is 5.92 Å². The minimum absolute atomic E-state index is 0.607. The first-order valence-electron chi connectivity index (χ1n) is 15.9. The topological polar surface area (TPSA) is 19.7 Å². The summed E-state index contributed by atoms with van der Waals surface area (Å²) in [7, 11) is 0. The quantitative estimate of drug-likeness (QED) is 0.110. The van der Waals surface area contributed by atoms with Crippen molar-refractivity contribution in [3.63, 3.8) is 0 Å². The third-order valence-electron chi connectivity index (χ3n) is 8.12. The lowest BCUT2D eigenvalue weighted by molar-refractivity contribution is -0.730. The average Bonchev–Trinajstić information content (AvgIpc) is 3.44. The molecule has 36 heavy (non-hydrogen) atoms. The number of hydrogen-bond donors (Lipinski definition) is 1. The summed E-state index contributed by atoms with van der Waals surface area (Å²) in [4.78, 5) is 3.32. The molecule has 2 atom stereocenters. The predicted molar refractivity (Wildman–Crippen MR) is 157 cm³/mol. The van der Waals surface area contributed by atoms with Gasteiger partial charge in [0.2, 0.25) is 6.33 Å². The molecule has 2 rings (SSSR count). The van der Waals surface area contributed by atoms with Gasteiger partial charge in [0.05, 0.1) is 0 Å². The lowest BCUT2D eigenvalue weighted by Crippen LogP contribution is -2.42. The molecule has 0 bridgehead atoms. The van der Waals surface area contributed by atoms with Gasteiger partial charge in [-0.2, -0.15) is 0 Å². The molecule has 0 radical (unpaired) electrons. The number of imidazole rings is 1. The maximum Gasteiger partial charge on any atom is 0.241 e. The Bertz CT molecular complexity index is 693. The number of H-pyrrole nitrogens is 1. The smallest absolute Gasteiger partial charge is 0.241 e. The van der Waals surface area contributed by atoms with E-state index in [1.165, 1.54) is 140 Å². The zero-order valence-corrected chi connectivity index (χ0v) is 24.1. The van der Waals surface area contributed by atoms with Gasteiger partial charge in [0.25, 0.3) is 0 Å². The number of rotatable bonds is 24. The van der Waals surface area contributed by atoms with Gasteiger partial charge in [0.15, 0.2) is 0 Å². The van der Waals surface area contributed by atoms with Gasteiger partial charge in [-0.05, 0) is 31.2 Å². The van der Waals surface area contributed by atoms with E-state index in [2.05, 4.69) is 72.5 Å². The van der Waals surface area contributed by atoms with E-state index in [1.54, 1.807) is 0 Å². The Kier molecular flexibility index (Phi) is 18.3. The van der Waals surface area contributed by atoms with Crippen LogP contribution in [0.25, 0.3) is 0 Å². The minimum atomic E-state index is 0.607. The minimum Gasteiger partial charge on any atom is -0.250 e. The zero-order valence-electron chi connectivity index (χ0n) is 24.1. The second-order valence-corrected chi connectivity index (χ2v) is 11.3. The monoisotopic (exact) mass is 495 g/mol. The van der Waals surface area contributed by atoms with Crippen LogP contribution in [0.15, 0.2) is 49.1 Å². The summed E-state index contributed by atoms with van der Waals surface area (Å²) >= 11 is 0. The molecule has 1 aromatic heterocycles. The fraction of sp³-hybridized carbons (Fsp3) is 0.735. The maximum atomic E-state index is 3.32. The molecule has 2 nitrogen and oxygen atoms in total. The standard InChI is InChI=1S/C34H58N2/c1-3-5-7-9-10-11-12-13-14-15-16-17-18-23-27-34(36-29-28-35-31-36)33(26-22-8-6-4-2)30-32-24-20-19-21-25-32/h19-21,24-25,28-29,31,33-34H,3-18,22-23,26-27,30H2,1-2H3/p+1. The van der Waals surface area contributed by atoms with Crippen LogP contribution in [0.3, 0.4) is 0 Å². The Balaban J connectivity index is 1.70. The number of unbranched alkanes of at least 4 members (excludes halogenated alkanes) is 16. The van der Waals surface area contributed by atoms with Crippen LogP contribution in [-0.4, -0.2) is 4.98 Å². The molecule has 1 aromatic carbocycles. The molecule has 2 unspecified atom stereocenters. The van der Waals surface area contributed by atoms with Gasteiger partial charge in [0.1, 0.15) is 18.4 Å². The van der Waals surface area contributed by atoms with Crippen LogP contribution >= 0.6 is 0 Å². The van der Waals surface area contributed by atoms with Crippen molar-refractivity contribution >= 4 is 0 Å². The van der Waals surface area contributed by atoms with E-state index in [4.69, 9.17) is 0 Å². The predicted octanol–water partition coefficient (Wildman–Crippen LogP) is 10.5. The molecule has 0 fully saturated rings. The lowest BCUT2D eigenvalue weighted by atomic mass is 9.84. The molecule has 2 heteroatoms. The van der Waals surface area contributed by atoms with Crippen molar-refractivity contribution in [2.45, 2.75) is 155 Å². The molecule has 0 spiro atoms. The summed E-state index contributed by atoms with van der Waals surface area (Å²) < 4.78 is 2.48. The molecule has 1 N–H and O–H groups in total. The molecule has 204 valence electrons. The molecular formula is C34H59N2+. The normalized spacial score (nSPS) is 13.2. The molecule has 0 aliphatic rings. The van der Waals surface area contributed by atoms with Crippen LogP contribution in [0.4, 0.5) is 0 Å². The summed E-state index contributed by atoms with van der Waals surface area (Å²) in [5, 5.41) is 0. The number of benzene rings is 1. The third-order valence-corrected chi connectivity index (χ3v) is 8.12. The van der Waals surface area contributed by atoms with E-state index in [9.17, 15) is 0 Å². The largest absolute Gasteiger partial charge is 0.250 e. The molecule has 1 heterocycles. The van der Waals surface area contributed by atoms with Crippen molar-refractivity contribution in [3.8, 4) is 0 Å². The zero-order chi connectivity index (χ0) is 25.5. The van der Waals surface area contributed by atoms with E-state index in [0.717, 1.165) is 0 Å². The Morgan fingerprint density at radius 3 is 1.64 bits per heavy atom. The highest BCUT2D eigenvalue weighted by molar-refractivity contribution is 5.15. The highest BCUT2D eigenvalue weighted by Crippen LogP contribution is 2.29. The molecule has 0 amide bonds. The first-order chi connectivity index (χ1) is 17.8. The van der Waals surface area contributed by atoms with Crippen LogP contribution < -0.4 is 4.57 Å². The molecule has 0 saturated carbocycles. The molecule has 0 aliphatic carbocycles. The number of nitrogens with one attached hydrogen (secondary N) is 1. The SMILES string of the molecule is CCCCCCCCCCCCCCCCC(C(CCCCCC)Cc1ccccc1)[n+]1cc[nH]c1. The van der Waals surface area contributed by atoms with Crippen LogP contribution in [0.5, 0.6) is 0 Å². The summed E-state index contributed by atoms with van der Waals surface area (Å²) in [6, 6.07) is 11.8. The Hall–Kier alpha value is -1.57. The van der Waals surface area contributed by atoms with Crippen LogP contribution in [0.2, 0.25) is 0 Å². The number of hydrogen-bond acceptors (Lipinski definition) is 0. The van der Waals surface area contributed by atoms with E-state index >= 15 is 0 Å². The number of aromatic amines is 1.